The van der Waals surface area contributed by atoms with Gasteiger partial charge in [0.1, 0.15) is 5.75 Å². The van der Waals surface area contributed by atoms with Gasteiger partial charge in [0.15, 0.2) is 0 Å². The van der Waals surface area contributed by atoms with Crippen LogP contribution in [0.1, 0.15) is 35.7 Å². The highest BCUT2D eigenvalue weighted by Crippen LogP contribution is 2.21. The van der Waals surface area contributed by atoms with Gasteiger partial charge in [-0.05, 0) is 38.0 Å². The molecular weight excluding hydrogens is 314 g/mol. The van der Waals surface area contributed by atoms with Crippen LogP contribution < -0.4 is 20.9 Å². The van der Waals surface area contributed by atoms with Crippen molar-refractivity contribution in [2.24, 2.45) is 0 Å². The number of benzene rings is 1. The highest BCUT2D eigenvalue weighted by Gasteiger charge is 2.26. The zero-order valence-electron chi connectivity index (χ0n) is 13.7. The SMILES string of the molecule is CCOCc1cc(C(=O)NNC(=O)C(=O)NC2CC2)ccc1OC. The minimum absolute atomic E-state index is 0.0710. The molecule has 0 radical (unpaired) electrons. The Kier molecular flexibility index (Phi) is 6.14. The van der Waals surface area contributed by atoms with Crippen molar-refractivity contribution in [1.29, 1.82) is 0 Å². The predicted octanol–water partition coefficient (Wildman–Crippen LogP) is 0.271. The van der Waals surface area contributed by atoms with Crippen molar-refractivity contribution in [2.45, 2.75) is 32.4 Å². The summed E-state index contributed by atoms with van der Waals surface area (Å²) in [5.41, 5.74) is 5.33. The third kappa shape index (κ3) is 4.95. The van der Waals surface area contributed by atoms with Crippen LogP contribution in [0.2, 0.25) is 0 Å². The Labute approximate surface area is 139 Å². The number of amides is 3. The maximum Gasteiger partial charge on any atom is 0.327 e. The lowest BCUT2D eigenvalue weighted by Gasteiger charge is -2.11. The van der Waals surface area contributed by atoms with Crippen molar-refractivity contribution in [2.75, 3.05) is 13.7 Å². The summed E-state index contributed by atoms with van der Waals surface area (Å²) in [6.45, 7) is 2.70. The molecule has 0 bridgehead atoms. The minimum Gasteiger partial charge on any atom is -0.496 e. The van der Waals surface area contributed by atoms with E-state index in [2.05, 4.69) is 16.2 Å². The molecule has 1 saturated carbocycles. The van der Waals surface area contributed by atoms with Crippen LogP contribution in [0.5, 0.6) is 5.75 Å². The Bertz CT molecular complexity index is 628. The van der Waals surface area contributed by atoms with Crippen LogP contribution in [0, 0.1) is 0 Å². The van der Waals surface area contributed by atoms with E-state index < -0.39 is 17.7 Å². The molecule has 0 atom stereocenters. The number of rotatable bonds is 6. The lowest BCUT2D eigenvalue weighted by Crippen LogP contribution is -2.49. The topological polar surface area (TPSA) is 106 Å². The van der Waals surface area contributed by atoms with Gasteiger partial charge in [-0.2, -0.15) is 0 Å². The third-order valence-corrected chi connectivity index (χ3v) is 3.41. The second-order valence-electron chi connectivity index (χ2n) is 5.32. The lowest BCUT2D eigenvalue weighted by molar-refractivity contribution is -0.139. The number of hydrogen-bond donors (Lipinski definition) is 3. The number of methoxy groups -OCH3 is 1. The van der Waals surface area contributed by atoms with Gasteiger partial charge in [-0.1, -0.05) is 0 Å². The Morgan fingerprint density at radius 2 is 1.92 bits per heavy atom. The van der Waals surface area contributed by atoms with Gasteiger partial charge in [-0.25, -0.2) is 0 Å². The molecule has 0 aromatic heterocycles. The lowest BCUT2D eigenvalue weighted by atomic mass is 10.1. The summed E-state index contributed by atoms with van der Waals surface area (Å²) in [5.74, 6) is -1.60. The maximum atomic E-state index is 12.1. The first-order valence-electron chi connectivity index (χ1n) is 7.71. The van der Waals surface area contributed by atoms with Crippen molar-refractivity contribution in [3.05, 3.63) is 29.3 Å². The maximum absolute atomic E-state index is 12.1. The Hall–Kier alpha value is -2.61. The minimum atomic E-state index is -0.904. The summed E-state index contributed by atoms with van der Waals surface area (Å²) in [6.07, 6.45) is 1.75. The molecule has 1 aromatic carbocycles. The Morgan fingerprint density at radius 3 is 2.54 bits per heavy atom. The molecule has 24 heavy (non-hydrogen) atoms. The normalized spacial score (nSPS) is 13.1. The average molecular weight is 335 g/mol. The quantitative estimate of drug-likeness (QED) is 0.511. The highest BCUT2D eigenvalue weighted by atomic mass is 16.5. The van der Waals surface area contributed by atoms with Crippen molar-refractivity contribution < 1.29 is 23.9 Å². The molecule has 3 N–H and O–H groups in total. The summed E-state index contributed by atoms with van der Waals surface area (Å²) in [6, 6.07) is 4.88. The molecule has 130 valence electrons. The fourth-order valence-electron chi connectivity index (χ4n) is 1.97. The zero-order chi connectivity index (χ0) is 17.5. The zero-order valence-corrected chi connectivity index (χ0v) is 13.7. The molecule has 1 aliphatic rings. The second kappa shape index (κ2) is 8.30. The first-order valence-corrected chi connectivity index (χ1v) is 7.71. The van der Waals surface area contributed by atoms with Gasteiger partial charge in [-0.15, -0.1) is 0 Å². The largest absolute Gasteiger partial charge is 0.496 e. The predicted molar refractivity (Wildman–Crippen MR) is 85.1 cm³/mol. The van der Waals surface area contributed by atoms with E-state index in [1.807, 2.05) is 6.92 Å². The van der Waals surface area contributed by atoms with E-state index in [0.29, 0.717) is 30.1 Å². The Morgan fingerprint density at radius 1 is 1.17 bits per heavy atom. The number of nitrogens with one attached hydrogen (secondary N) is 3. The van der Waals surface area contributed by atoms with E-state index in [1.54, 1.807) is 18.2 Å². The molecule has 8 nitrogen and oxygen atoms in total. The number of hydrazine groups is 1. The van der Waals surface area contributed by atoms with Crippen LogP contribution in [0.3, 0.4) is 0 Å². The molecule has 0 saturated heterocycles. The van der Waals surface area contributed by atoms with Gasteiger partial charge < -0.3 is 14.8 Å². The van der Waals surface area contributed by atoms with Crippen molar-refractivity contribution in [3.63, 3.8) is 0 Å². The fourth-order valence-corrected chi connectivity index (χ4v) is 1.97. The molecule has 0 aliphatic heterocycles. The molecule has 0 spiro atoms. The standard InChI is InChI=1S/C16H21N3O5/c1-3-24-9-11-8-10(4-7-13(11)23-2)14(20)18-19-16(22)15(21)17-12-5-6-12/h4,7-8,12H,3,5-6,9H2,1-2H3,(H,17,21)(H,18,20)(H,19,22). The highest BCUT2D eigenvalue weighted by molar-refractivity contribution is 6.35. The summed E-state index contributed by atoms with van der Waals surface area (Å²) < 4.78 is 10.6. The number of carbonyl (C=O) groups excluding carboxylic acids is 3. The van der Waals surface area contributed by atoms with E-state index in [0.717, 1.165) is 12.8 Å². The van der Waals surface area contributed by atoms with Crippen LogP contribution >= 0.6 is 0 Å². The molecule has 1 aliphatic carbocycles. The fraction of sp³-hybridized carbons (Fsp3) is 0.438. The van der Waals surface area contributed by atoms with E-state index >= 15 is 0 Å². The van der Waals surface area contributed by atoms with Crippen molar-refractivity contribution in [3.8, 4) is 5.75 Å². The number of hydrogen-bond acceptors (Lipinski definition) is 5. The van der Waals surface area contributed by atoms with Crippen molar-refractivity contribution >= 4 is 17.7 Å². The van der Waals surface area contributed by atoms with Gasteiger partial charge in [0.25, 0.3) is 5.91 Å². The van der Waals surface area contributed by atoms with Gasteiger partial charge in [-0.3, -0.25) is 25.2 Å². The molecular formula is C16H21N3O5. The van der Waals surface area contributed by atoms with Crippen molar-refractivity contribution in [1.82, 2.24) is 16.2 Å². The smallest absolute Gasteiger partial charge is 0.327 e. The molecule has 3 amide bonds. The summed E-state index contributed by atoms with van der Waals surface area (Å²) in [7, 11) is 1.53. The third-order valence-electron chi connectivity index (χ3n) is 3.41. The van der Waals surface area contributed by atoms with Gasteiger partial charge in [0, 0.05) is 23.8 Å². The van der Waals surface area contributed by atoms with Crippen LogP contribution in [-0.4, -0.2) is 37.5 Å². The monoisotopic (exact) mass is 335 g/mol. The first-order chi connectivity index (χ1) is 11.5. The van der Waals surface area contributed by atoms with E-state index in [9.17, 15) is 14.4 Å². The van der Waals surface area contributed by atoms with E-state index in [1.165, 1.54) is 7.11 Å². The molecule has 1 aromatic rings. The molecule has 1 fully saturated rings. The molecule has 0 heterocycles. The Balaban J connectivity index is 1.93. The molecule has 2 rings (SSSR count). The van der Waals surface area contributed by atoms with Crippen LogP contribution in [0.25, 0.3) is 0 Å². The van der Waals surface area contributed by atoms with Crippen LogP contribution in [0.4, 0.5) is 0 Å². The summed E-state index contributed by atoms with van der Waals surface area (Å²) in [5, 5.41) is 2.53. The van der Waals surface area contributed by atoms with E-state index in [-0.39, 0.29) is 6.04 Å². The van der Waals surface area contributed by atoms with Gasteiger partial charge in [0.05, 0.1) is 13.7 Å². The average Bonchev–Trinajstić information content (AvgIpc) is 3.40. The summed E-state index contributed by atoms with van der Waals surface area (Å²) >= 11 is 0. The summed E-state index contributed by atoms with van der Waals surface area (Å²) in [4.78, 5) is 35.2. The number of ether oxygens (including phenoxy) is 2. The van der Waals surface area contributed by atoms with Gasteiger partial charge >= 0.3 is 11.8 Å². The molecule has 0 unspecified atom stereocenters. The van der Waals surface area contributed by atoms with E-state index in [4.69, 9.17) is 9.47 Å². The number of carbonyl (C=O) groups is 3. The molecule has 8 heteroatoms. The second-order valence-corrected chi connectivity index (χ2v) is 5.32. The van der Waals surface area contributed by atoms with Crippen LogP contribution in [-0.2, 0) is 20.9 Å². The van der Waals surface area contributed by atoms with Gasteiger partial charge in [0.2, 0.25) is 0 Å². The van der Waals surface area contributed by atoms with Crippen LogP contribution in [0.15, 0.2) is 18.2 Å². The first kappa shape index (κ1) is 17.7.